The Morgan fingerprint density at radius 2 is 1.17 bits per heavy atom. The van der Waals surface area contributed by atoms with Gasteiger partial charge in [0.15, 0.2) is 6.10 Å². The van der Waals surface area contributed by atoms with E-state index in [0.717, 1.165) is 32.4 Å². The van der Waals surface area contributed by atoms with E-state index in [4.69, 9.17) is 23.7 Å². The summed E-state index contributed by atoms with van der Waals surface area (Å²) in [5.41, 5.74) is 2.52. The van der Waals surface area contributed by atoms with Crippen LogP contribution in [0.5, 0.6) is 0 Å². The molecule has 6 rings (SSSR count). The summed E-state index contributed by atoms with van der Waals surface area (Å²) >= 11 is 1.51. The first-order valence-electron chi connectivity index (χ1n) is 15.5. The van der Waals surface area contributed by atoms with Gasteiger partial charge in [0, 0.05) is 11.8 Å². The smallest absolute Gasteiger partial charge is 0.303 e. The Labute approximate surface area is 274 Å². The van der Waals surface area contributed by atoms with Crippen LogP contribution in [0.4, 0.5) is 0 Å². The summed E-state index contributed by atoms with van der Waals surface area (Å²) in [4.78, 5) is 13.6. The number of benzene rings is 5. The quantitative estimate of drug-likeness (QED) is 0.122. The molecule has 1 aliphatic rings. The van der Waals surface area contributed by atoms with Gasteiger partial charge in [0.2, 0.25) is 0 Å². The Balaban J connectivity index is 1.32. The summed E-state index contributed by atoms with van der Waals surface area (Å²) in [5.74, 6) is -0.411. The van der Waals surface area contributed by atoms with Crippen LogP contribution in [-0.4, -0.2) is 42.4 Å². The minimum absolute atomic E-state index is 0.265. The lowest BCUT2D eigenvalue weighted by Crippen LogP contribution is -2.60. The first kappa shape index (κ1) is 32.0. The lowest BCUT2D eigenvalue weighted by molar-refractivity contribution is -0.249. The van der Waals surface area contributed by atoms with Crippen molar-refractivity contribution in [2.45, 2.75) is 61.5 Å². The minimum Gasteiger partial charge on any atom is -0.456 e. The van der Waals surface area contributed by atoms with Crippen LogP contribution in [-0.2, 0) is 48.3 Å². The zero-order chi connectivity index (χ0) is 31.6. The van der Waals surface area contributed by atoms with Crippen LogP contribution in [0.25, 0.3) is 10.8 Å². The fraction of sp³-hybridized carbons (Fsp3) is 0.256. The lowest BCUT2D eigenvalue weighted by atomic mass is 9.99. The highest BCUT2D eigenvalue weighted by molar-refractivity contribution is 7.99. The van der Waals surface area contributed by atoms with Crippen LogP contribution in [0, 0.1) is 0 Å². The van der Waals surface area contributed by atoms with E-state index in [1.807, 2.05) is 103 Å². The maximum absolute atomic E-state index is 12.6. The van der Waals surface area contributed by atoms with Gasteiger partial charge in [-0.15, -0.1) is 0 Å². The molecule has 1 aliphatic heterocycles. The van der Waals surface area contributed by atoms with Gasteiger partial charge in [-0.3, -0.25) is 4.79 Å². The van der Waals surface area contributed by atoms with Gasteiger partial charge in [-0.05, 0) is 39.6 Å². The summed E-state index contributed by atoms with van der Waals surface area (Å²) < 4.78 is 32.4. The average molecular weight is 635 g/mol. The third-order valence-corrected chi connectivity index (χ3v) is 8.97. The highest BCUT2D eigenvalue weighted by atomic mass is 32.2. The van der Waals surface area contributed by atoms with Crippen molar-refractivity contribution in [2.24, 2.45) is 0 Å². The zero-order valence-electron chi connectivity index (χ0n) is 25.8. The summed E-state index contributed by atoms with van der Waals surface area (Å²) in [6, 6.07) is 44.5. The molecule has 1 heterocycles. The molecule has 0 bridgehead atoms. The Kier molecular flexibility index (Phi) is 11.1. The average Bonchev–Trinajstić information content (AvgIpc) is 3.09. The number of carbonyl (C=O) groups is 1. The normalized spacial score (nSPS) is 21.2. The van der Waals surface area contributed by atoms with E-state index in [0.29, 0.717) is 19.8 Å². The molecular formula is C39H38O6S. The third-order valence-electron chi connectivity index (χ3n) is 7.83. The number of thioether (sulfide) groups is 1. The van der Waals surface area contributed by atoms with Crippen LogP contribution >= 0.6 is 11.8 Å². The Morgan fingerprint density at radius 3 is 1.78 bits per heavy atom. The van der Waals surface area contributed by atoms with Crippen molar-refractivity contribution in [3.63, 3.8) is 0 Å². The number of hydrogen-bond acceptors (Lipinski definition) is 7. The van der Waals surface area contributed by atoms with E-state index in [2.05, 4.69) is 30.3 Å². The number of rotatable bonds is 13. The van der Waals surface area contributed by atoms with Crippen LogP contribution in [0.15, 0.2) is 138 Å². The summed E-state index contributed by atoms with van der Waals surface area (Å²) in [6.45, 7) is 2.77. The monoisotopic (exact) mass is 634 g/mol. The van der Waals surface area contributed by atoms with Crippen molar-refractivity contribution in [3.05, 3.63) is 150 Å². The second-order valence-electron chi connectivity index (χ2n) is 11.3. The van der Waals surface area contributed by atoms with Gasteiger partial charge < -0.3 is 23.7 Å². The molecule has 5 atom stereocenters. The fourth-order valence-electron chi connectivity index (χ4n) is 5.59. The topological polar surface area (TPSA) is 63.2 Å². The summed E-state index contributed by atoms with van der Waals surface area (Å²) in [5, 5.41) is 2.27. The molecule has 6 nitrogen and oxygen atoms in total. The van der Waals surface area contributed by atoms with E-state index >= 15 is 0 Å². The minimum atomic E-state index is -0.746. The maximum Gasteiger partial charge on any atom is 0.303 e. The Hall–Kier alpha value is -3.98. The molecule has 0 amide bonds. The summed E-state index contributed by atoms with van der Waals surface area (Å²) in [6.07, 6.45) is -2.47. The molecule has 0 saturated carbocycles. The van der Waals surface area contributed by atoms with Crippen molar-refractivity contribution in [3.8, 4) is 0 Å². The Bertz CT molecular complexity index is 1670. The van der Waals surface area contributed by atoms with Crippen LogP contribution in [0.3, 0.4) is 0 Å². The second-order valence-corrected chi connectivity index (χ2v) is 12.4. The second kappa shape index (κ2) is 16.0. The van der Waals surface area contributed by atoms with E-state index in [1.54, 1.807) is 0 Å². The van der Waals surface area contributed by atoms with E-state index in [-0.39, 0.29) is 6.61 Å². The van der Waals surface area contributed by atoms with Crippen molar-refractivity contribution in [2.75, 3.05) is 6.61 Å². The number of carbonyl (C=O) groups excluding carboxylic acids is 1. The van der Waals surface area contributed by atoms with Crippen molar-refractivity contribution in [1.29, 1.82) is 0 Å². The molecule has 0 aromatic heterocycles. The predicted molar refractivity (Wildman–Crippen MR) is 180 cm³/mol. The fourth-order valence-corrected chi connectivity index (χ4v) is 6.74. The molecule has 236 valence electrons. The van der Waals surface area contributed by atoms with Crippen LogP contribution in [0.1, 0.15) is 23.6 Å². The maximum atomic E-state index is 12.6. The number of fused-ring (bicyclic) bond motifs is 1. The van der Waals surface area contributed by atoms with Gasteiger partial charge in [0.05, 0.1) is 26.4 Å². The molecule has 5 aromatic rings. The van der Waals surface area contributed by atoms with Crippen molar-refractivity contribution >= 4 is 28.5 Å². The van der Waals surface area contributed by atoms with E-state index in [9.17, 15) is 4.79 Å². The third kappa shape index (κ3) is 8.63. The zero-order valence-corrected chi connectivity index (χ0v) is 26.6. The van der Waals surface area contributed by atoms with E-state index < -0.39 is 35.8 Å². The lowest BCUT2D eigenvalue weighted by Gasteiger charge is -2.45. The van der Waals surface area contributed by atoms with Crippen molar-refractivity contribution in [1.82, 2.24) is 0 Å². The molecule has 0 aliphatic carbocycles. The largest absolute Gasteiger partial charge is 0.456 e. The van der Waals surface area contributed by atoms with E-state index in [1.165, 1.54) is 18.7 Å². The molecule has 46 heavy (non-hydrogen) atoms. The molecule has 0 unspecified atom stereocenters. The van der Waals surface area contributed by atoms with Gasteiger partial charge >= 0.3 is 5.97 Å². The SMILES string of the molecule is CC(=O)O[C@@H]1[C@@H](OCc2ccccc2)[C@H](OCc2ccccc2)[C@@H](COCc2ccccc2)O[C@H]1Sc1ccc2ccccc2c1. The molecule has 5 aromatic carbocycles. The van der Waals surface area contributed by atoms with Crippen LogP contribution < -0.4 is 0 Å². The Morgan fingerprint density at radius 1 is 0.630 bits per heavy atom. The predicted octanol–water partition coefficient (Wildman–Crippen LogP) is 7.98. The van der Waals surface area contributed by atoms with Gasteiger partial charge in [-0.25, -0.2) is 0 Å². The first-order chi connectivity index (χ1) is 22.6. The molecule has 7 heteroatoms. The van der Waals surface area contributed by atoms with Gasteiger partial charge in [0.25, 0.3) is 0 Å². The molecule has 1 fully saturated rings. The van der Waals surface area contributed by atoms with Crippen molar-refractivity contribution < 1.29 is 28.5 Å². The van der Waals surface area contributed by atoms with Gasteiger partial charge in [-0.2, -0.15) is 0 Å². The van der Waals surface area contributed by atoms with Gasteiger partial charge in [0.1, 0.15) is 23.7 Å². The molecule has 0 radical (unpaired) electrons. The molecule has 0 spiro atoms. The van der Waals surface area contributed by atoms with Gasteiger partial charge in [-0.1, -0.05) is 133 Å². The highest BCUT2D eigenvalue weighted by Gasteiger charge is 2.50. The first-order valence-corrected chi connectivity index (χ1v) is 16.4. The standard InChI is InChI=1S/C39H38O6S/c1-28(40)44-38-37(43-26-31-17-9-4-10-18-31)36(42-25-30-15-7-3-8-16-30)35(27-41-24-29-13-5-2-6-14-29)45-39(38)46-34-22-21-32-19-11-12-20-33(32)23-34/h2-23,35-39H,24-27H2,1H3/t35-,36-,37+,38-,39+/m1/s1. The van der Waals surface area contributed by atoms with Crippen LogP contribution in [0.2, 0.25) is 0 Å². The molecule has 1 saturated heterocycles. The highest BCUT2D eigenvalue weighted by Crippen LogP contribution is 2.39. The molecular weight excluding hydrogens is 596 g/mol. The summed E-state index contributed by atoms with van der Waals surface area (Å²) in [7, 11) is 0. The molecule has 0 N–H and O–H groups in total. The number of esters is 1. The number of ether oxygens (including phenoxy) is 5. The number of hydrogen-bond donors (Lipinski definition) is 0.